The first-order valence-corrected chi connectivity index (χ1v) is 6.47. The number of nitrogens with two attached hydrogens (primary N) is 1. The number of hydrogen-bond donors (Lipinski definition) is 2. The van der Waals surface area contributed by atoms with Gasteiger partial charge >= 0.3 is 0 Å². The van der Waals surface area contributed by atoms with Gasteiger partial charge in [-0.2, -0.15) is 5.10 Å². The summed E-state index contributed by atoms with van der Waals surface area (Å²) in [5.74, 6) is 1.72. The van der Waals surface area contributed by atoms with Crippen molar-refractivity contribution in [2.24, 2.45) is 0 Å². The molecule has 0 amide bonds. The molecule has 0 bridgehead atoms. The summed E-state index contributed by atoms with van der Waals surface area (Å²) in [5.41, 5.74) is 8.46. The van der Waals surface area contributed by atoms with Crippen molar-refractivity contribution >= 4 is 17.3 Å². The Morgan fingerprint density at radius 1 is 1.14 bits per heavy atom. The Kier molecular flexibility index (Phi) is 3.23. The summed E-state index contributed by atoms with van der Waals surface area (Å²) in [6.45, 7) is 3.88. The van der Waals surface area contributed by atoms with Gasteiger partial charge in [-0.15, -0.1) is 0 Å². The fourth-order valence-corrected chi connectivity index (χ4v) is 2.06. The van der Waals surface area contributed by atoms with E-state index in [0.29, 0.717) is 23.1 Å². The van der Waals surface area contributed by atoms with E-state index in [-0.39, 0.29) is 0 Å². The normalized spacial score (nSPS) is 10.6. The number of rotatable bonds is 3. The van der Waals surface area contributed by atoms with E-state index in [9.17, 15) is 0 Å². The Morgan fingerprint density at radius 3 is 2.67 bits per heavy atom. The summed E-state index contributed by atoms with van der Waals surface area (Å²) in [7, 11) is 0. The number of nitrogens with zero attached hydrogens (tertiary/aromatic N) is 5. The van der Waals surface area contributed by atoms with Gasteiger partial charge in [-0.25, -0.2) is 19.6 Å². The van der Waals surface area contributed by atoms with Crippen LogP contribution in [0.25, 0.3) is 5.82 Å². The maximum Gasteiger partial charge on any atom is 0.182 e. The van der Waals surface area contributed by atoms with E-state index < -0.39 is 0 Å². The quantitative estimate of drug-likeness (QED) is 0.762. The summed E-state index contributed by atoms with van der Waals surface area (Å²) < 4.78 is 1.70. The lowest BCUT2D eigenvalue weighted by atomic mass is 10.4. The van der Waals surface area contributed by atoms with Crippen molar-refractivity contribution in [3.05, 3.63) is 48.2 Å². The van der Waals surface area contributed by atoms with Crippen molar-refractivity contribution in [1.29, 1.82) is 0 Å². The highest BCUT2D eigenvalue weighted by Crippen LogP contribution is 2.24. The minimum Gasteiger partial charge on any atom is -0.393 e. The van der Waals surface area contributed by atoms with Gasteiger partial charge in [-0.3, -0.25) is 0 Å². The number of nitrogen functional groups attached to an aromatic ring is 1. The van der Waals surface area contributed by atoms with Crippen molar-refractivity contribution in [2.75, 3.05) is 11.1 Å². The van der Waals surface area contributed by atoms with Crippen LogP contribution in [0.3, 0.4) is 0 Å². The highest BCUT2D eigenvalue weighted by atomic mass is 15.3. The van der Waals surface area contributed by atoms with Gasteiger partial charge in [0.1, 0.15) is 17.8 Å². The summed E-state index contributed by atoms with van der Waals surface area (Å²) in [6, 6.07) is 7.53. The van der Waals surface area contributed by atoms with Crippen LogP contribution in [0.2, 0.25) is 0 Å². The maximum atomic E-state index is 6.17. The molecule has 0 aliphatic heterocycles. The Bertz CT molecular complexity index is 764. The largest absolute Gasteiger partial charge is 0.393 e. The highest BCUT2D eigenvalue weighted by Gasteiger charge is 2.13. The molecule has 7 heteroatoms. The first-order chi connectivity index (χ1) is 10.1. The Morgan fingerprint density at radius 2 is 2.00 bits per heavy atom. The zero-order valence-electron chi connectivity index (χ0n) is 11.8. The van der Waals surface area contributed by atoms with Crippen molar-refractivity contribution in [3.63, 3.8) is 0 Å². The Balaban J connectivity index is 2.01. The zero-order valence-corrected chi connectivity index (χ0v) is 11.8. The van der Waals surface area contributed by atoms with Crippen LogP contribution < -0.4 is 11.1 Å². The first-order valence-electron chi connectivity index (χ1n) is 6.47. The standard InChI is InChI=1S/C14H15N7/c1-9-7-10(2)21(20-9)14-12(15)13(17-8-18-14)19-11-5-3-4-6-16-11/h3-8H,15H2,1-2H3,(H,16,17,18,19). The molecule has 0 saturated carbocycles. The van der Waals surface area contributed by atoms with Gasteiger partial charge in [-0.05, 0) is 32.0 Å². The molecule has 3 aromatic rings. The van der Waals surface area contributed by atoms with Crippen LogP contribution in [0.1, 0.15) is 11.4 Å². The lowest BCUT2D eigenvalue weighted by Gasteiger charge is -2.11. The summed E-state index contributed by atoms with van der Waals surface area (Å²) >= 11 is 0. The van der Waals surface area contributed by atoms with Crippen molar-refractivity contribution in [3.8, 4) is 5.82 Å². The number of nitrogens with one attached hydrogen (secondary N) is 1. The van der Waals surface area contributed by atoms with Gasteiger partial charge in [0.25, 0.3) is 0 Å². The highest BCUT2D eigenvalue weighted by molar-refractivity contribution is 5.72. The Hall–Kier alpha value is -2.96. The van der Waals surface area contributed by atoms with E-state index in [1.165, 1.54) is 6.33 Å². The second-order valence-electron chi connectivity index (χ2n) is 4.64. The molecule has 0 spiro atoms. The van der Waals surface area contributed by atoms with E-state index in [2.05, 4.69) is 25.4 Å². The third-order valence-corrected chi connectivity index (χ3v) is 2.98. The summed E-state index contributed by atoms with van der Waals surface area (Å²) in [4.78, 5) is 12.6. The molecule has 0 aliphatic carbocycles. The number of aryl methyl sites for hydroxylation is 2. The molecule has 3 heterocycles. The zero-order chi connectivity index (χ0) is 14.8. The predicted molar refractivity (Wildman–Crippen MR) is 80.6 cm³/mol. The fraction of sp³-hybridized carbons (Fsp3) is 0.143. The predicted octanol–water partition coefficient (Wildman–Crippen LogP) is 2.00. The van der Waals surface area contributed by atoms with Crippen LogP contribution in [0, 0.1) is 13.8 Å². The number of aromatic nitrogens is 5. The van der Waals surface area contributed by atoms with Crippen LogP contribution in [-0.2, 0) is 0 Å². The van der Waals surface area contributed by atoms with Gasteiger partial charge in [-0.1, -0.05) is 6.07 Å². The third kappa shape index (κ3) is 2.53. The molecule has 3 N–H and O–H groups in total. The van der Waals surface area contributed by atoms with Crippen LogP contribution in [0.4, 0.5) is 17.3 Å². The molecule has 3 rings (SSSR count). The molecule has 0 radical (unpaired) electrons. The van der Waals surface area contributed by atoms with E-state index in [1.54, 1.807) is 10.9 Å². The number of anilines is 3. The molecule has 3 aromatic heterocycles. The molecule has 0 fully saturated rings. The number of hydrogen-bond acceptors (Lipinski definition) is 6. The monoisotopic (exact) mass is 281 g/mol. The Labute approximate surface area is 121 Å². The van der Waals surface area contributed by atoms with Crippen LogP contribution in [0.5, 0.6) is 0 Å². The van der Waals surface area contributed by atoms with Gasteiger partial charge in [0, 0.05) is 11.9 Å². The molecular formula is C14H15N7. The van der Waals surface area contributed by atoms with Crippen molar-refractivity contribution < 1.29 is 0 Å². The van der Waals surface area contributed by atoms with Crippen LogP contribution in [0.15, 0.2) is 36.8 Å². The lowest BCUT2D eigenvalue weighted by molar-refractivity contribution is 0.804. The third-order valence-electron chi connectivity index (χ3n) is 2.98. The SMILES string of the molecule is Cc1cc(C)n(-c2ncnc(Nc3ccccn3)c2N)n1. The topological polar surface area (TPSA) is 94.5 Å². The first kappa shape index (κ1) is 13.0. The van der Waals surface area contributed by atoms with E-state index >= 15 is 0 Å². The van der Waals surface area contributed by atoms with Crippen LogP contribution >= 0.6 is 0 Å². The van der Waals surface area contributed by atoms with Gasteiger partial charge in [0.05, 0.1) is 5.69 Å². The summed E-state index contributed by atoms with van der Waals surface area (Å²) in [6.07, 6.45) is 3.15. The molecular weight excluding hydrogens is 266 g/mol. The van der Waals surface area contributed by atoms with Crippen molar-refractivity contribution in [1.82, 2.24) is 24.7 Å². The van der Waals surface area contributed by atoms with Gasteiger partial charge in [0.2, 0.25) is 0 Å². The minimum atomic E-state index is 0.425. The second-order valence-corrected chi connectivity index (χ2v) is 4.64. The second kappa shape index (κ2) is 5.20. The average Bonchev–Trinajstić information content (AvgIpc) is 2.81. The molecule has 0 aromatic carbocycles. The average molecular weight is 281 g/mol. The smallest absolute Gasteiger partial charge is 0.182 e. The molecule has 0 saturated heterocycles. The van der Waals surface area contributed by atoms with E-state index in [0.717, 1.165) is 11.4 Å². The molecule has 0 unspecified atom stereocenters. The molecule has 7 nitrogen and oxygen atoms in total. The summed E-state index contributed by atoms with van der Waals surface area (Å²) in [5, 5.41) is 7.47. The van der Waals surface area contributed by atoms with Gasteiger partial charge in [0.15, 0.2) is 11.6 Å². The van der Waals surface area contributed by atoms with E-state index in [4.69, 9.17) is 5.73 Å². The van der Waals surface area contributed by atoms with E-state index in [1.807, 2.05) is 38.1 Å². The molecule has 0 atom stereocenters. The fourth-order valence-electron chi connectivity index (χ4n) is 2.06. The van der Waals surface area contributed by atoms with Crippen LogP contribution in [-0.4, -0.2) is 24.7 Å². The minimum absolute atomic E-state index is 0.425. The molecule has 106 valence electrons. The van der Waals surface area contributed by atoms with Gasteiger partial charge < -0.3 is 11.1 Å². The maximum absolute atomic E-state index is 6.17. The van der Waals surface area contributed by atoms with Crippen molar-refractivity contribution in [2.45, 2.75) is 13.8 Å². The molecule has 0 aliphatic rings. The lowest BCUT2D eigenvalue weighted by Crippen LogP contribution is -2.10. The number of pyridine rings is 1. The molecule has 21 heavy (non-hydrogen) atoms.